The van der Waals surface area contributed by atoms with Gasteiger partial charge in [-0.05, 0) is 5.56 Å². The zero-order valence-corrected chi connectivity index (χ0v) is 13.2. The van der Waals surface area contributed by atoms with E-state index >= 15 is 0 Å². The Hall–Kier alpha value is -0.420. The van der Waals surface area contributed by atoms with E-state index in [9.17, 15) is 0 Å². The fourth-order valence-corrected chi connectivity index (χ4v) is 3.28. The van der Waals surface area contributed by atoms with E-state index in [1.807, 2.05) is 0 Å². The Morgan fingerprint density at radius 3 is 2.21 bits per heavy atom. The SMILES string of the molecule is COC1CN(CC(CBr)c2ccccc2)CC1OC. The zero-order chi connectivity index (χ0) is 13.7. The van der Waals surface area contributed by atoms with Crippen molar-refractivity contribution in [3.63, 3.8) is 0 Å². The second-order valence-electron chi connectivity index (χ2n) is 5.03. The minimum absolute atomic E-state index is 0.191. The van der Waals surface area contributed by atoms with Gasteiger partial charge in [0.1, 0.15) is 0 Å². The second-order valence-corrected chi connectivity index (χ2v) is 5.68. The van der Waals surface area contributed by atoms with Gasteiger partial charge in [-0.15, -0.1) is 0 Å². The lowest BCUT2D eigenvalue weighted by atomic mass is 10.0. The molecule has 106 valence electrons. The minimum atomic E-state index is 0.191. The maximum atomic E-state index is 5.49. The maximum absolute atomic E-state index is 5.49. The summed E-state index contributed by atoms with van der Waals surface area (Å²) in [5.74, 6) is 0.509. The van der Waals surface area contributed by atoms with Gasteiger partial charge in [-0.1, -0.05) is 46.3 Å². The van der Waals surface area contributed by atoms with Gasteiger partial charge in [0.15, 0.2) is 0 Å². The highest BCUT2D eigenvalue weighted by Crippen LogP contribution is 2.23. The van der Waals surface area contributed by atoms with E-state index < -0.39 is 0 Å². The van der Waals surface area contributed by atoms with Crippen molar-refractivity contribution in [2.24, 2.45) is 0 Å². The van der Waals surface area contributed by atoms with Crippen LogP contribution in [0.1, 0.15) is 11.5 Å². The standard InChI is InChI=1S/C15H22BrNO2/c1-18-14-10-17(11-15(14)19-2)9-13(8-16)12-6-4-3-5-7-12/h3-7,13-15H,8-11H2,1-2H3. The van der Waals surface area contributed by atoms with Gasteiger partial charge in [0.2, 0.25) is 0 Å². The average molecular weight is 328 g/mol. The van der Waals surface area contributed by atoms with Gasteiger partial charge in [0.25, 0.3) is 0 Å². The molecule has 3 nitrogen and oxygen atoms in total. The van der Waals surface area contributed by atoms with E-state index in [2.05, 4.69) is 51.2 Å². The minimum Gasteiger partial charge on any atom is -0.377 e. The molecule has 1 fully saturated rings. The Kier molecular flexibility index (Phi) is 5.82. The number of nitrogens with zero attached hydrogens (tertiary/aromatic N) is 1. The summed E-state index contributed by atoms with van der Waals surface area (Å²) in [7, 11) is 3.53. The number of hydrogen-bond acceptors (Lipinski definition) is 3. The lowest BCUT2D eigenvalue weighted by Crippen LogP contribution is -2.28. The molecule has 1 aliphatic rings. The summed E-state index contributed by atoms with van der Waals surface area (Å²) in [5, 5.41) is 0.975. The Labute approximate surface area is 124 Å². The molecule has 19 heavy (non-hydrogen) atoms. The molecule has 1 saturated heterocycles. The largest absolute Gasteiger partial charge is 0.377 e. The summed E-state index contributed by atoms with van der Waals surface area (Å²) in [6, 6.07) is 10.7. The van der Waals surface area contributed by atoms with Gasteiger partial charge in [-0.25, -0.2) is 0 Å². The Balaban J connectivity index is 1.97. The van der Waals surface area contributed by atoms with Crippen LogP contribution in [0.5, 0.6) is 0 Å². The van der Waals surface area contributed by atoms with Gasteiger partial charge in [-0.2, -0.15) is 0 Å². The first-order chi connectivity index (χ1) is 9.28. The molecule has 2 rings (SSSR count). The fourth-order valence-electron chi connectivity index (χ4n) is 2.70. The van der Waals surface area contributed by atoms with Crippen LogP contribution in [0.2, 0.25) is 0 Å². The molecule has 0 N–H and O–H groups in total. The van der Waals surface area contributed by atoms with Crippen LogP contribution in [-0.4, -0.2) is 56.3 Å². The van der Waals surface area contributed by atoms with E-state index in [0.717, 1.165) is 25.0 Å². The van der Waals surface area contributed by atoms with Crippen LogP contribution in [0.3, 0.4) is 0 Å². The fraction of sp³-hybridized carbons (Fsp3) is 0.600. The summed E-state index contributed by atoms with van der Waals surface area (Å²) in [6.07, 6.45) is 0.383. The van der Waals surface area contributed by atoms with Crippen LogP contribution in [0.15, 0.2) is 30.3 Å². The number of ether oxygens (including phenoxy) is 2. The number of benzene rings is 1. The van der Waals surface area contributed by atoms with Gasteiger partial charge in [0.05, 0.1) is 12.2 Å². The van der Waals surface area contributed by atoms with Crippen LogP contribution in [0.25, 0.3) is 0 Å². The summed E-state index contributed by atoms with van der Waals surface area (Å²) < 4.78 is 11.0. The molecule has 0 spiro atoms. The molecule has 0 aliphatic carbocycles. The smallest absolute Gasteiger partial charge is 0.0971 e. The van der Waals surface area contributed by atoms with Gasteiger partial charge < -0.3 is 9.47 Å². The van der Waals surface area contributed by atoms with E-state index in [-0.39, 0.29) is 12.2 Å². The molecule has 0 aromatic heterocycles. The summed E-state index contributed by atoms with van der Waals surface area (Å²) in [6.45, 7) is 2.94. The van der Waals surface area contributed by atoms with Crippen LogP contribution < -0.4 is 0 Å². The number of likely N-dealkylation sites (tertiary alicyclic amines) is 1. The van der Waals surface area contributed by atoms with Crippen LogP contribution in [0.4, 0.5) is 0 Å². The maximum Gasteiger partial charge on any atom is 0.0971 e. The zero-order valence-electron chi connectivity index (χ0n) is 11.6. The van der Waals surface area contributed by atoms with Crippen LogP contribution in [-0.2, 0) is 9.47 Å². The van der Waals surface area contributed by atoms with Crippen molar-refractivity contribution < 1.29 is 9.47 Å². The summed E-state index contributed by atoms with van der Waals surface area (Å²) in [4.78, 5) is 2.43. The van der Waals surface area contributed by atoms with Crippen molar-refractivity contribution in [3.8, 4) is 0 Å². The molecule has 0 amide bonds. The third-order valence-electron chi connectivity index (χ3n) is 3.83. The first-order valence-electron chi connectivity index (χ1n) is 6.67. The molecular formula is C15H22BrNO2. The Bertz CT molecular complexity index is 362. The normalized spacial score (nSPS) is 25.6. The van der Waals surface area contributed by atoms with E-state index in [0.29, 0.717) is 5.92 Å². The highest BCUT2D eigenvalue weighted by atomic mass is 79.9. The highest BCUT2D eigenvalue weighted by Gasteiger charge is 2.33. The lowest BCUT2D eigenvalue weighted by Gasteiger charge is -2.22. The van der Waals surface area contributed by atoms with E-state index in [1.54, 1.807) is 14.2 Å². The third-order valence-corrected chi connectivity index (χ3v) is 4.61. The molecule has 0 radical (unpaired) electrons. The van der Waals surface area contributed by atoms with Gasteiger partial charge in [0, 0.05) is 45.1 Å². The molecule has 4 heteroatoms. The van der Waals surface area contributed by atoms with Gasteiger partial charge in [-0.3, -0.25) is 4.90 Å². The van der Waals surface area contributed by atoms with Gasteiger partial charge >= 0.3 is 0 Å². The van der Waals surface area contributed by atoms with Crippen molar-refractivity contribution in [1.29, 1.82) is 0 Å². The lowest BCUT2D eigenvalue weighted by molar-refractivity contribution is -0.00461. The Morgan fingerprint density at radius 2 is 1.74 bits per heavy atom. The topological polar surface area (TPSA) is 21.7 Å². The van der Waals surface area contributed by atoms with Crippen molar-refractivity contribution in [2.45, 2.75) is 18.1 Å². The van der Waals surface area contributed by atoms with Crippen LogP contribution >= 0.6 is 15.9 Å². The van der Waals surface area contributed by atoms with Crippen molar-refractivity contribution in [3.05, 3.63) is 35.9 Å². The predicted octanol–water partition coefficient (Wildman–Crippen LogP) is 2.51. The molecule has 1 aromatic carbocycles. The monoisotopic (exact) mass is 327 g/mol. The molecule has 1 heterocycles. The number of halogens is 1. The molecule has 0 bridgehead atoms. The molecule has 1 aromatic rings. The van der Waals surface area contributed by atoms with Crippen molar-refractivity contribution >= 4 is 15.9 Å². The van der Waals surface area contributed by atoms with Crippen molar-refractivity contribution in [1.82, 2.24) is 4.90 Å². The highest BCUT2D eigenvalue weighted by molar-refractivity contribution is 9.09. The average Bonchev–Trinajstić information content (AvgIpc) is 2.87. The quantitative estimate of drug-likeness (QED) is 0.749. The third kappa shape index (κ3) is 3.78. The predicted molar refractivity (Wildman–Crippen MR) is 81.0 cm³/mol. The summed E-state index contributed by atoms with van der Waals surface area (Å²) in [5.41, 5.74) is 1.38. The van der Waals surface area contributed by atoms with E-state index in [1.165, 1.54) is 5.56 Å². The van der Waals surface area contributed by atoms with Crippen molar-refractivity contribution in [2.75, 3.05) is 39.2 Å². The Morgan fingerprint density at radius 1 is 1.16 bits per heavy atom. The molecular weight excluding hydrogens is 306 g/mol. The summed E-state index contributed by atoms with van der Waals surface area (Å²) >= 11 is 3.64. The van der Waals surface area contributed by atoms with Crippen LogP contribution in [0, 0.1) is 0 Å². The number of hydrogen-bond donors (Lipinski definition) is 0. The molecule has 3 atom stereocenters. The molecule has 1 aliphatic heterocycles. The first-order valence-corrected chi connectivity index (χ1v) is 7.79. The number of methoxy groups -OCH3 is 2. The first kappa shape index (κ1) is 15.0. The van der Waals surface area contributed by atoms with E-state index in [4.69, 9.17) is 9.47 Å². The molecule has 0 saturated carbocycles. The number of alkyl halides is 1. The number of rotatable bonds is 6. The molecule has 3 unspecified atom stereocenters. The second kappa shape index (κ2) is 7.39.